The van der Waals surface area contributed by atoms with Crippen LogP contribution in [0.5, 0.6) is 0 Å². The van der Waals surface area contributed by atoms with Crippen LogP contribution in [-0.2, 0) is 14.3 Å². The van der Waals surface area contributed by atoms with Gasteiger partial charge in [-0.3, -0.25) is 14.5 Å². The smallest absolute Gasteiger partial charge is 0.410 e. The van der Waals surface area contributed by atoms with Crippen molar-refractivity contribution in [3.63, 3.8) is 0 Å². The van der Waals surface area contributed by atoms with Crippen LogP contribution < -0.4 is 0 Å². The zero-order chi connectivity index (χ0) is 24.3. The van der Waals surface area contributed by atoms with E-state index in [1.54, 1.807) is 21.0 Å². The Morgan fingerprint density at radius 2 is 1.42 bits per heavy atom. The number of carboxylic acids is 1. The van der Waals surface area contributed by atoms with E-state index in [2.05, 4.69) is 24.3 Å². The fraction of sp³-hybridized carbons (Fsp3) is 0.423. The Labute approximate surface area is 195 Å². The number of amides is 2. The lowest BCUT2D eigenvalue weighted by atomic mass is 9.98. The van der Waals surface area contributed by atoms with Crippen LogP contribution in [0.25, 0.3) is 11.1 Å². The van der Waals surface area contributed by atoms with Crippen molar-refractivity contribution in [2.24, 2.45) is 5.92 Å². The van der Waals surface area contributed by atoms with Gasteiger partial charge in [0.25, 0.3) is 0 Å². The fourth-order valence-electron chi connectivity index (χ4n) is 4.52. The molecule has 7 nitrogen and oxygen atoms in total. The number of benzene rings is 2. The fourth-order valence-corrected chi connectivity index (χ4v) is 4.52. The molecule has 176 valence electrons. The molecule has 2 atom stereocenters. The molecule has 33 heavy (non-hydrogen) atoms. The van der Waals surface area contributed by atoms with Gasteiger partial charge in [-0.25, -0.2) is 4.79 Å². The van der Waals surface area contributed by atoms with Gasteiger partial charge < -0.3 is 14.7 Å². The summed E-state index contributed by atoms with van der Waals surface area (Å²) in [5, 5.41) is 9.05. The van der Waals surface area contributed by atoms with Crippen molar-refractivity contribution in [3.8, 4) is 11.1 Å². The Hall–Kier alpha value is -3.35. The average molecular weight is 453 g/mol. The molecule has 0 bridgehead atoms. The Kier molecular flexibility index (Phi) is 7.41. The Bertz CT molecular complexity index is 989. The van der Waals surface area contributed by atoms with E-state index in [-0.39, 0.29) is 30.8 Å². The molecule has 0 aliphatic heterocycles. The first-order valence-electron chi connectivity index (χ1n) is 11.2. The van der Waals surface area contributed by atoms with Crippen LogP contribution in [0.4, 0.5) is 4.79 Å². The van der Waals surface area contributed by atoms with E-state index in [9.17, 15) is 14.4 Å². The number of rotatable bonds is 8. The molecule has 1 aliphatic carbocycles. The van der Waals surface area contributed by atoms with Crippen LogP contribution in [0.1, 0.15) is 44.2 Å². The maximum absolute atomic E-state index is 13.1. The van der Waals surface area contributed by atoms with Gasteiger partial charge in [0, 0.05) is 26.1 Å². The maximum Gasteiger partial charge on any atom is 0.410 e. The van der Waals surface area contributed by atoms with Gasteiger partial charge in [-0.1, -0.05) is 62.4 Å². The van der Waals surface area contributed by atoms with Crippen LogP contribution in [0, 0.1) is 5.92 Å². The van der Waals surface area contributed by atoms with Crippen molar-refractivity contribution < 1.29 is 24.2 Å². The number of aliphatic carboxylic acids is 1. The summed E-state index contributed by atoms with van der Waals surface area (Å²) >= 11 is 0. The Morgan fingerprint density at radius 1 is 0.909 bits per heavy atom. The SMILES string of the molecule is CC(C)C(C(=O)N(C)C(C)CC(=O)O)N(C)C(=O)OCC1c2ccccc2-c2ccccc21. The van der Waals surface area contributed by atoms with Gasteiger partial charge in [0.05, 0.1) is 6.42 Å². The second-order valence-corrected chi connectivity index (χ2v) is 9.00. The Balaban J connectivity index is 1.73. The molecule has 1 aliphatic rings. The molecule has 2 aromatic carbocycles. The van der Waals surface area contributed by atoms with Crippen molar-refractivity contribution in [1.29, 1.82) is 0 Å². The minimum absolute atomic E-state index is 0.0683. The predicted octanol–water partition coefficient (Wildman–Crippen LogP) is 4.21. The van der Waals surface area contributed by atoms with E-state index < -0.39 is 24.1 Å². The summed E-state index contributed by atoms with van der Waals surface area (Å²) in [6.45, 7) is 5.55. The first-order chi connectivity index (χ1) is 15.6. The zero-order valence-electron chi connectivity index (χ0n) is 19.8. The van der Waals surface area contributed by atoms with Gasteiger partial charge in [-0.05, 0) is 35.1 Å². The molecule has 0 heterocycles. The normalized spacial score (nSPS) is 14.2. The molecule has 1 N–H and O–H groups in total. The number of carboxylic acid groups (broad SMARTS) is 1. The average Bonchev–Trinajstić information content (AvgIpc) is 3.10. The second kappa shape index (κ2) is 10.1. The number of nitrogens with zero attached hydrogens (tertiary/aromatic N) is 2. The quantitative estimate of drug-likeness (QED) is 0.648. The van der Waals surface area contributed by atoms with Gasteiger partial charge >= 0.3 is 12.1 Å². The number of carbonyl (C=O) groups is 3. The molecule has 0 spiro atoms. The summed E-state index contributed by atoms with van der Waals surface area (Å²) in [5.74, 6) is -1.54. The lowest BCUT2D eigenvalue weighted by Crippen LogP contribution is -2.53. The van der Waals surface area contributed by atoms with E-state index in [1.165, 1.54) is 9.80 Å². The third-order valence-electron chi connectivity index (χ3n) is 6.40. The number of carbonyl (C=O) groups excluding carboxylic acids is 2. The highest BCUT2D eigenvalue weighted by molar-refractivity contribution is 5.86. The number of ether oxygens (including phenoxy) is 1. The molecule has 0 fully saturated rings. The first kappa shape index (κ1) is 24.3. The second-order valence-electron chi connectivity index (χ2n) is 9.00. The topological polar surface area (TPSA) is 87.2 Å². The molecule has 2 unspecified atom stereocenters. The van der Waals surface area contributed by atoms with Crippen LogP contribution in [0.15, 0.2) is 48.5 Å². The molecule has 2 amide bonds. The monoisotopic (exact) mass is 452 g/mol. The van der Waals surface area contributed by atoms with Gasteiger partial charge in [0.1, 0.15) is 12.6 Å². The van der Waals surface area contributed by atoms with E-state index in [1.807, 2.05) is 38.1 Å². The maximum atomic E-state index is 13.1. The summed E-state index contributed by atoms with van der Waals surface area (Å²) < 4.78 is 5.71. The minimum Gasteiger partial charge on any atom is -0.481 e. The van der Waals surface area contributed by atoms with Gasteiger partial charge in [0.15, 0.2) is 0 Å². The van der Waals surface area contributed by atoms with Gasteiger partial charge in [0.2, 0.25) is 5.91 Å². The van der Waals surface area contributed by atoms with Crippen molar-refractivity contribution in [1.82, 2.24) is 9.80 Å². The molecule has 0 radical (unpaired) electrons. The third-order valence-corrected chi connectivity index (χ3v) is 6.40. The first-order valence-corrected chi connectivity index (χ1v) is 11.2. The van der Waals surface area contributed by atoms with Crippen LogP contribution in [0.3, 0.4) is 0 Å². The standard InChI is InChI=1S/C26H32N2O5/c1-16(2)24(25(31)27(4)17(3)14-23(29)30)28(5)26(32)33-15-22-20-12-8-6-10-18(20)19-11-7-9-13-21(19)22/h6-13,16-17,22,24H,14-15H2,1-5H3,(H,29,30). The number of fused-ring (bicyclic) bond motifs is 3. The Morgan fingerprint density at radius 3 is 1.91 bits per heavy atom. The molecular formula is C26H32N2O5. The highest BCUT2D eigenvalue weighted by Gasteiger charge is 2.35. The summed E-state index contributed by atoms with van der Waals surface area (Å²) in [6, 6.07) is 15.0. The number of hydrogen-bond donors (Lipinski definition) is 1. The highest BCUT2D eigenvalue weighted by Crippen LogP contribution is 2.44. The largest absolute Gasteiger partial charge is 0.481 e. The van der Waals surface area contributed by atoms with Gasteiger partial charge in [-0.15, -0.1) is 0 Å². The lowest BCUT2D eigenvalue weighted by Gasteiger charge is -2.35. The van der Waals surface area contributed by atoms with E-state index in [0.29, 0.717) is 0 Å². The van der Waals surface area contributed by atoms with Crippen molar-refractivity contribution in [2.75, 3.05) is 20.7 Å². The minimum atomic E-state index is -0.979. The van der Waals surface area contributed by atoms with E-state index in [4.69, 9.17) is 9.84 Å². The molecular weight excluding hydrogens is 420 g/mol. The number of hydrogen-bond acceptors (Lipinski definition) is 4. The molecule has 2 aromatic rings. The van der Waals surface area contributed by atoms with Crippen LogP contribution in [-0.4, -0.2) is 65.7 Å². The third kappa shape index (κ3) is 5.02. The molecule has 0 saturated carbocycles. The summed E-state index contributed by atoms with van der Waals surface area (Å²) in [4.78, 5) is 39.9. The van der Waals surface area contributed by atoms with E-state index >= 15 is 0 Å². The predicted molar refractivity (Wildman–Crippen MR) is 126 cm³/mol. The molecule has 0 saturated heterocycles. The lowest BCUT2D eigenvalue weighted by molar-refractivity contribution is -0.142. The molecule has 3 rings (SSSR count). The van der Waals surface area contributed by atoms with Gasteiger partial charge in [-0.2, -0.15) is 0 Å². The summed E-state index contributed by atoms with van der Waals surface area (Å²) in [5.41, 5.74) is 4.53. The van der Waals surface area contributed by atoms with Crippen molar-refractivity contribution >= 4 is 18.0 Å². The summed E-state index contributed by atoms with van der Waals surface area (Å²) in [6.07, 6.45) is -0.745. The van der Waals surface area contributed by atoms with E-state index in [0.717, 1.165) is 22.3 Å². The van der Waals surface area contributed by atoms with Crippen molar-refractivity contribution in [3.05, 3.63) is 59.7 Å². The highest BCUT2D eigenvalue weighted by atomic mass is 16.6. The van der Waals surface area contributed by atoms with Crippen molar-refractivity contribution in [2.45, 2.75) is 45.2 Å². The summed E-state index contributed by atoms with van der Waals surface area (Å²) in [7, 11) is 3.12. The zero-order valence-corrected chi connectivity index (χ0v) is 19.8. The van der Waals surface area contributed by atoms with Crippen LogP contribution in [0.2, 0.25) is 0 Å². The molecule has 0 aromatic heterocycles. The van der Waals surface area contributed by atoms with Crippen LogP contribution >= 0.6 is 0 Å². The number of likely N-dealkylation sites (N-methyl/N-ethyl adjacent to an activating group) is 2. The molecule has 7 heteroatoms.